The number of nitrogens with two attached hydrogens (primary N) is 1. The summed E-state index contributed by atoms with van der Waals surface area (Å²) in [6.45, 7) is 2.76. The van der Waals surface area contributed by atoms with Crippen molar-refractivity contribution in [3.8, 4) is 0 Å². The van der Waals surface area contributed by atoms with E-state index in [0.29, 0.717) is 5.39 Å². The summed E-state index contributed by atoms with van der Waals surface area (Å²) in [7, 11) is 0. The molecular formula is C15H19ClFN3. The average molecular weight is 296 g/mol. The number of pyridine rings is 1. The van der Waals surface area contributed by atoms with E-state index in [-0.39, 0.29) is 24.3 Å². The van der Waals surface area contributed by atoms with Crippen molar-refractivity contribution >= 4 is 23.3 Å². The highest BCUT2D eigenvalue weighted by molar-refractivity contribution is 5.85. The highest BCUT2D eigenvalue weighted by Crippen LogP contribution is 2.22. The Kier molecular flexibility index (Phi) is 4.91. The Bertz CT molecular complexity index is 590. The van der Waals surface area contributed by atoms with Crippen molar-refractivity contribution in [3.63, 3.8) is 0 Å². The lowest BCUT2D eigenvalue weighted by molar-refractivity contribution is 0.202. The smallest absolute Gasteiger partial charge is 0.132 e. The Morgan fingerprint density at radius 3 is 3.00 bits per heavy atom. The number of fused-ring (bicyclic) bond motifs is 1. The molecule has 1 aromatic heterocycles. The van der Waals surface area contributed by atoms with E-state index in [9.17, 15) is 4.39 Å². The molecule has 2 heterocycles. The summed E-state index contributed by atoms with van der Waals surface area (Å²) < 4.78 is 13.7. The van der Waals surface area contributed by atoms with Crippen molar-refractivity contribution in [1.29, 1.82) is 0 Å². The number of piperidine rings is 1. The van der Waals surface area contributed by atoms with Gasteiger partial charge in [-0.1, -0.05) is 6.07 Å². The molecule has 0 amide bonds. The van der Waals surface area contributed by atoms with Crippen LogP contribution in [-0.2, 0) is 6.54 Å². The van der Waals surface area contributed by atoms with E-state index in [1.165, 1.54) is 6.07 Å². The lowest BCUT2D eigenvalue weighted by Crippen LogP contribution is -2.42. The van der Waals surface area contributed by atoms with Gasteiger partial charge in [0.1, 0.15) is 5.82 Å². The van der Waals surface area contributed by atoms with Crippen LogP contribution in [0.3, 0.4) is 0 Å². The third-order valence-corrected chi connectivity index (χ3v) is 3.74. The fraction of sp³-hybridized carbons (Fsp3) is 0.400. The Balaban J connectivity index is 0.00000147. The molecule has 5 heteroatoms. The predicted molar refractivity (Wildman–Crippen MR) is 81.4 cm³/mol. The maximum atomic E-state index is 13.7. The van der Waals surface area contributed by atoms with E-state index in [1.807, 2.05) is 6.07 Å². The molecule has 0 radical (unpaired) electrons. The van der Waals surface area contributed by atoms with Gasteiger partial charge >= 0.3 is 0 Å². The van der Waals surface area contributed by atoms with Gasteiger partial charge in [0.15, 0.2) is 0 Å². The third kappa shape index (κ3) is 3.08. The van der Waals surface area contributed by atoms with Crippen LogP contribution in [0.1, 0.15) is 18.4 Å². The number of rotatable bonds is 2. The van der Waals surface area contributed by atoms with Crippen LogP contribution in [0.25, 0.3) is 10.9 Å². The molecule has 1 fully saturated rings. The van der Waals surface area contributed by atoms with Gasteiger partial charge in [-0.2, -0.15) is 0 Å². The summed E-state index contributed by atoms with van der Waals surface area (Å²) >= 11 is 0. The number of aromatic nitrogens is 1. The predicted octanol–water partition coefficient (Wildman–Crippen LogP) is 2.72. The van der Waals surface area contributed by atoms with Crippen LogP contribution in [0, 0.1) is 5.82 Å². The molecule has 0 saturated carbocycles. The number of halogens is 2. The number of likely N-dealkylation sites (tertiary alicyclic amines) is 1. The molecule has 1 aliphatic rings. The van der Waals surface area contributed by atoms with E-state index in [1.54, 1.807) is 18.3 Å². The molecule has 1 aromatic carbocycles. The molecule has 2 aromatic rings. The van der Waals surface area contributed by atoms with Crippen LogP contribution in [0.4, 0.5) is 4.39 Å². The largest absolute Gasteiger partial charge is 0.327 e. The zero-order valence-electron chi connectivity index (χ0n) is 11.3. The Hall–Kier alpha value is -1.23. The van der Waals surface area contributed by atoms with Gasteiger partial charge in [-0.05, 0) is 43.1 Å². The lowest BCUT2D eigenvalue weighted by Gasteiger charge is -2.30. The van der Waals surface area contributed by atoms with Gasteiger partial charge < -0.3 is 5.73 Å². The van der Waals surface area contributed by atoms with Gasteiger partial charge in [-0.3, -0.25) is 9.88 Å². The Morgan fingerprint density at radius 1 is 1.35 bits per heavy atom. The summed E-state index contributed by atoms with van der Waals surface area (Å²) in [5.41, 5.74) is 7.84. The Morgan fingerprint density at radius 2 is 2.20 bits per heavy atom. The quantitative estimate of drug-likeness (QED) is 0.926. The summed E-state index contributed by atoms with van der Waals surface area (Å²) in [6.07, 6.45) is 3.94. The van der Waals surface area contributed by atoms with E-state index in [4.69, 9.17) is 5.73 Å². The summed E-state index contributed by atoms with van der Waals surface area (Å²) in [5, 5.41) is 0.598. The molecule has 1 saturated heterocycles. The second kappa shape index (κ2) is 6.48. The normalized spacial score (nSPS) is 19.8. The standard InChI is InChI=1S/C15H18FN3.ClH/c16-14-6-5-11(15-13(14)4-1-7-18-15)9-19-8-2-3-12(17)10-19;/h1,4-7,12H,2-3,8-10,17H2;1H. The Labute approximate surface area is 124 Å². The van der Waals surface area contributed by atoms with Crippen molar-refractivity contribution in [2.45, 2.75) is 25.4 Å². The average Bonchev–Trinajstić information content (AvgIpc) is 2.42. The third-order valence-electron chi connectivity index (χ3n) is 3.74. The molecule has 20 heavy (non-hydrogen) atoms. The zero-order chi connectivity index (χ0) is 13.2. The summed E-state index contributed by atoms with van der Waals surface area (Å²) in [6, 6.07) is 7.18. The number of nitrogens with zero attached hydrogens (tertiary/aromatic N) is 2. The van der Waals surface area contributed by atoms with Gasteiger partial charge in [-0.15, -0.1) is 12.4 Å². The first kappa shape index (κ1) is 15.2. The molecule has 0 aliphatic carbocycles. The molecule has 1 unspecified atom stereocenters. The second-order valence-electron chi connectivity index (χ2n) is 5.24. The SMILES string of the molecule is Cl.NC1CCCN(Cc2ccc(F)c3cccnc23)C1. The van der Waals surface area contributed by atoms with Gasteiger partial charge in [0.05, 0.1) is 5.52 Å². The number of benzene rings is 1. The van der Waals surface area contributed by atoms with Crippen LogP contribution < -0.4 is 5.73 Å². The van der Waals surface area contributed by atoms with Crippen molar-refractivity contribution in [3.05, 3.63) is 41.8 Å². The molecule has 1 aliphatic heterocycles. The molecule has 0 bridgehead atoms. The zero-order valence-corrected chi connectivity index (χ0v) is 12.1. The van der Waals surface area contributed by atoms with E-state index in [2.05, 4.69) is 9.88 Å². The van der Waals surface area contributed by atoms with Gasteiger partial charge in [0.2, 0.25) is 0 Å². The molecule has 0 spiro atoms. The first-order chi connectivity index (χ1) is 9.24. The van der Waals surface area contributed by atoms with Crippen LogP contribution >= 0.6 is 12.4 Å². The molecule has 3 nitrogen and oxygen atoms in total. The second-order valence-corrected chi connectivity index (χ2v) is 5.24. The molecule has 108 valence electrons. The van der Waals surface area contributed by atoms with Crippen molar-refractivity contribution in [2.75, 3.05) is 13.1 Å². The van der Waals surface area contributed by atoms with Crippen LogP contribution in [0.15, 0.2) is 30.5 Å². The van der Waals surface area contributed by atoms with Gasteiger partial charge in [0, 0.05) is 30.7 Å². The van der Waals surface area contributed by atoms with Crippen molar-refractivity contribution in [2.24, 2.45) is 5.73 Å². The van der Waals surface area contributed by atoms with E-state index in [0.717, 1.165) is 43.6 Å². The first-order valence-electron chi connectivity index (χ1n) is 6.74. The fourth-order valence-corrected chi connectivity index (χ4v) is 2.80. The molecular weight excluding hydrogens is 277 g/mol. The van der Waals surface area contributed by atoms with Gasteiger partial charge in [0.25, 0.3) is 0 Å². The number of hydrogen-bond acceptors (Lipinski definition) is 3. The minimum atomic E-state index is -0.206. The van der Waals surface area contributed by atoms with Gasteiger partial charge in [-0.25, -0.2) is 4.39 Å². The summed E-state index contributed by atoms with van der Waals surface area (Å²) in [4.78, 5) is 6.66. The molecule has 2 N–H and O–H groups in total. The highest BCUT2D eigenvalue weighted by atomic mass is 35.5. The van der Waals surface area contributed by atoms with E-state index < -0.39 is 0 Å². The van der Waals surface area contributed by atoms with E-state index >= 15 is 0 Å². The first-order valence-corrected chi connectivity index (χ1v) is 6.74. The summed E-state index contributed by atoms with van der Waals surface area (Å²) in [5.74, 6) is -0.206. The van der Waals surface area contributed by atoms with Crippen LogP contribution in [-0.4, -0.2) is 29.0 Å². The maximum absolute atomic E-state index is 13.7. The fourth-order valence-electron chi connectivity index (χ4n) is 2.80. The topological polar surface area (TPSA) is 42.1 Å². The maximum Gasteiger partial charge on any atom is 0.132 e. The van der Waals surface area contributed by atoms with Crippen molar-refractivity contribution in [1.82, 2.24) is 9.88 Å². The number of hydrogen-bond donors (Lipinski definition) is 1. The van der Waals surface area contributed by atoms with Crippen LogP contribution in [0.5, 0.6) is 0 Å². The lowest BCUT2D eigenvalue weighted by atomic mass is 10.0. The van der Waals surface area contributed by atoms with Crippen LogP contribution in [0.2, 0.25) is 0 Å². The highest BCUT2D eigenvalue weighted by Gasteiger charge is 2.18. The van der Waals surface area contributed by atoms with Crippen molar-refractivity contribution < 1.29 is 4.39 Å². The minimum absolute atomic E-state index is 0. The minimum Gasteiger partial charge on any atom is -0.327 e. The molecule has 1 atom stereocenters. The molecule has 3 rings (SSSR count). The monoisotopic (exact) mass is 295 g/mol.